The third-order valence-electron chi connectivity index (χ3n) is 21.9. The normalized spacial score (nSPS) is 12.2. The van der Waals surface area contributed by atoms with Gasteiger partial charge in [0.2, 0.25) is 0 Å². The van der Waals surface area contributed by atoms with Gasteiger partial charge in [-0.1, -0.05) is 243 Å². The van der Waals surface area contributed by atoms with Crippen LogP contribution < -0.4 is 11.1 Å². The van der Waals surface area contributed by atoms with Crippen molar-refractivity contribution in [2.75, 3.05) is 0 Å². The van der Waals surface area contributed by atoms with Gasteiger partial charge >= 0.3 is 0 Å². The van der Waals surface area contributed by atoms with E-state index < -0.39 is 0 Å². The second-order valence-corrected chi connectivity index (χ2v) is 27.4. The summed E-state index contributed by atoms with van der Waals surface area (Å²) >= 11 is 0. The van der Waals surface area contributed by atoms with Gasteiger partial charge in [-0.25, -0.2) is 9.97 Å². The number of pyridine rings is 2. The first kappa shape index (κ1) is 56.3. The van der Waals surface area contributed by atoms with Gasteiger partial charge in [0, 0.05) is 43.4 Å². The zero-order valence-corrected chi connectivity index (χ0v) is 54.8. The van der Waals surface area contributed by atoms with Crippen molar-refractivity contribution in [3.05, 3.63) is 348 Å². The molecule has 470 valence electrons. The van der Waals surface area contributed by atoms with Crippen molar-refractivity contribution >= 4 is 141 Å². The second-order valence-electron chi connectivity index (χ2n) is 27.4. The fraction of sp³-hybridized carbons (Fsp3) is 0. The summed E-state index contributed by atoms with van der Waals surface area (Å²) in [7, 11) is 0. The predicted octanol–water partition coefficient (Wildman–Crippen LogP) is 24.1. The molecule has 6 nitrogen and oxygen atoms in total. The van der Waals surface area contributed by atoms with Gasteiger partial charge in [0.05, 0.1) is 22.1 Å². The summed E-state index contributed by atoms with van der Waals surface area (Å²) < 4.78 is 3.73. The minimum absolute atomic E-state index is 0.0937. The average molecular weight is 1300 g/mol. The molecule has 22 rings (SSSR count). The maximum absolute atomic E-state index is 15.7. The molecule has 6 heteroatoms. The molecule has 18 aromatic carbocycles. The number of hydrogen-bond acceptors (Lipinski definition) is 4. The maximum atomic E-state index is 15.7. The molecule has 102 heavy (non-hydrogen) atoms. The van der Waals surface area contributed by atoms with Gasteiger partial charge in [-0.15, -0.1) is 0 Å². The fourth-order valence-corrected chi connectivity index (χ4v) is 17.1. The Bertz CT molecular complexity index is 7560. The molecule has 0 aliphatic rings. The minimum atomic E-state index is -0.100. The van der Waals surface area contributed by atoms with Crippen LogP contribution in [0.1, 0.15) is 0 Å². The Morgan fingerprint density at radius 2 is 0.549 bits per heavy atom. The van der Waals surface area contributed by atoms with Crippen molar-refractivity contribution in [1.29, 1.82) is 0 Å². The number of aromatic nitrogens is 4. The quantitative estimate of drug-likeness (QED) is 0.159. The SMILES string of the molecule is O=c1c2cccc3c(-c4ccc5ccccc5c4)ccc(c32)c2nc3c(-c4ccc5cc(-c6cc(-c7cc(-c8cccc9ccccc89)c8nc9c%10ccc(-c%11cccc%12ccccc%11%12)c%11cccc(c(=O)n9c8c7)c%11%10)c7ccccc7c6)ccc5c4)cc(-c4ccc5ccccc5c4)cc3n12. The number of nitrogens with zero attached hydrogens (tertiary/aromatic N) is 4. The summed E-state index contributed by atoms with van der Waals surface area (Å²) in [5.41, 5.74) is 18.6. The van der Waals surface area contributed by atoms with Crippen LogP contribution in [0.25, 0.3) is 219 Å². The van der Waals surface area contributed by atoms with E-state index >= 15 is 9.59 Å². The number of hydrogen-bond donors (Lipinski definition) is 0. The number of rotatable bonds is 7. The first-order chi connectivity index (χ1) is 50.4. The van der Waals surface area contributed by atoms with Gasteiger partial charge in [0.25, 0.3) is 11.1 Å². The maximum Gasteiger partial charge on any atom is 0.264 e. The molecule has 0 amide bonds. The zero-order chi connectivity index (χ0) is 67.0. The lowest BCUT2D eigenvalue weighted by molar-refractivity contribution is 1.19. The van der Waals surface area contributed by atoms with Crippen LogP contribution in [0, 0.1) is 0 Å². The summed E-state index contributed by atoms with van der Waals surface area (Å²) in [5.74, 6) is 0. The molecule has 0 spiro atoms. The molecule has 0 aliphatic carbocycles. The first-order valence-corrected chi connectivity index (χ1v) is 34.7. The van der Waals surface area contributed by atoms with Crippen molar-refractivity contribution < 1.29 is 0 Å². The van der Waals surface area contributed by atoms with Crippen LogP contribution in [0.15, 0.2) is 337 Å². The Balaban J connectivity index is 0.712. The van der Waals surface area contributed by atoms with Gasteiger partial charge in [0.15, 0.2) is 0 Å². The third kappa shape index (κ3) is 8.29. The largest absolute Gasteiger partial charge is 0.268 e. The topological polar surface area (TPSA) is 68.7 Å². The molecule has 0 saturated carbocycles. The van der Waals surface area contributed by atoms with Crippen molar-refractivity contribution in [1.82, 2.24) is 18.8 Å². The van der Waals surface area contributed by atoms with Gasteiger partial charge in [0.1, 0.15) is 11.3 Å². The number of benzene rings is 18. The second kappa shape index (κ2) is 21.4. The highest BCUT2D eigenvalue weighted by atomic mass is 16.1. The molecule has 4 heterocycles. The van der Waals surface area contributed by atoms with E-state index in [-0.39, 0.29) is 11.1 Å². The lowest BCUT2D eigenvalue weighted by Crippen LogP contribution is -2.13. The van der Waals surface area contributed by atoms with Gasteiger partial charge in [-0.3, -0.25) is 18.4 Å². The highest BCUT2D eigenvalue weighted by Crippen LogP contribution is 2.46. The molecule has 0 bridgehead atoms. The Hall–Kier alpha value is -13.7. The van der Waals surface area contributed by atoms with E-state index in [0.29, 0.717) is 22.1 Å². The van der Waals surface area contributed by atoms with Crippen LogP contribution in [-0.2, 0) is 0 Å². The Labute approximate surface area is 582 Å². The van der Waals surface area contributed by atoms with Crippen LogP contribution in [0.5, 0.6) is 0 Å². The molecule has 0 atom stereocenters. The van der Waals surface area contributed by atoms with E-state index in [4.69, 9.17) is 9.97 Å². The van der Waals surface area contributed by atoms with Gasteiger partial charge < -0.3 is 0 Å². The van der Waals surface area contributed by atoms with E-state index in [1.165, 1.54) is 21.5 Å². The Morgan fingerprint density at radius 1 is 0.196 bits per heavy atom. The summed E-state index contributed by atoms with van der Waals surface area (Å²) in [5, 5.41) is 20.6. The molecule has 0 N–H and O–H groups in total. The number of fused-ring (bicyclic) bond motifs is 14. The van der Waals surface area contributed by atoms with Crippen molar-refractivity contribution in [3.8, 4) is 77.9 Å². The van der Waals surface area contributed by atoms with Gasteiger partial charge in [-0.05, 0) is 227 Å². The third-order valence-corrected chi connectivity index (χ3v) is 21.9. The minimum Gasteiger partial charge on any atom is -0.268 e. The van der Waals surface area contributed by atoms with Crippen LogP contribution in [0.2, 0.25) is 0 Å². The highest BCUT2D eigenvalue weighted by molar-refractivity contribution is 6.23. The molecule has 0 radical (unpaired) electrons. The smallest absolute Gasteiger partial charge is 0.264 e. The van der Waals surface area contributed by atoms with E-state index in [9.17, 15) is 0 Å². The van der Waals surface area contributed by atoms with E-state index in [0.717, 1.165) is 175 Å². The van der Waals surface area contributed by atoms with Crippen molar-refractivity contribution in [2.45, 2.75) is 0 Å². The van der Waals surface area contributed by atoms with Crippen LogP contribution in [0.4, 0.5) is 0 Å². The summed E-state index contributed by atoms with van der Waals surface area (Å²) in [6.07, 6.45) is 0. The monoisotopic (exact) mass is 1290 g/mol. The van der Waals surface area contributed by atoms with E-state index in [1.54, 1.807) is 0 Å². The fourth-order valence-electron chi connectivity index (χ4n) is 17.1. The summed E-state index contributed by atoms with van der Waals surface area (Å²) in [6, 6.07) is 117. The molecular formula is C96H54N4O2. The molecule has 4 aromatic heterocycles. The summed E-state index contributed by atoms with van der Waals surface area (Å²) in [6.45, 7) is 0. The van der Waals surface area contributed by atoms with Gasteiger partial charge in [-0.2, -0.15) is 0 Å². The highest BCUT2D eigenvalue weighted by Gasteiger charge is 2.26. The predicted molar refractivity (Wildman–Crippen MR) is 427 cm³/mol. The van der Waals surface area contributed by atoms with Crippen LogP contribution in [0.3, 0.4) is 0 Å². The average Bonchev–Trinajstić information content (AvgIpc) is 1.49. The lowest BCUT2D eigenvalue weighted by atomic mass is 9.89. The molecule has 0 unspecified atom stereocenters. The molecule has 0 aliphatic heterocycles. The molecular weight excluding hydrogens is 1240 g/mol. The van der Waals surface area contributed by atoms with E-state index in [2.05, 4.69) is 303 Å². The molecule has 0 saturated heterocycles. The van der Waals surface area contributed by atoms with E-state index in [1.807, 2.05) is 33.1 Å². The van der Waals surface area contributed by atoms with Crippen LogP contribution in [-0.4, -0.2) is 18.8 Å². The Morgan fingerprint density at radius 3 is 1.14 bits per heavy atom. The Kier molecular flexibility index (Phi) is 11.8. The van der Waals surface area contributed by atoms with Crippen LogP contribution >= 0.6 is 0 Å². The molecule has 22 aromatic rings. The number of imidazole rings is 2. The molecule has 0 fully saturated rings. The lowest BCUT2D eigenvalue weighted by Gasteiger charge is -2.15. The van der Waals surface area contributed by atoms with Crippen molar-refractivity contribution in [2.24, 2.45) is 0 Å². The zero-order valence-electron chi connectivity index (χ0n) is 54.8. The summed E-state index contributed by atoms with van der Waals surface area (Å²) in [4.78, 5) is 42.3. The first-order valence-electron chi connectivity index (χ1n) is 34.7. The van der Waals surface area contributed by atoms with Crippen molar-refractivity contribution in [3.63, 3.8) is 0 Å². The standard InChI is InChI=1S/C96H54N4O2/c101-95-82-31-13-29-78-74(66-39-34-56-16-2-4-20-60(56)47-66)41-43-80(89(78)82)93-97-91-85(51-69(53-87(91)99(93)95)64-35-33-55-15-1-3-19-59(55)45-64)67-40-38-61-46-63(37-36-62(61)48-67)68-49-65-21-7-10-26-73(65)84(50-68)70-52-86(76-28-12-23-58-18-6-9-25-72(58)76)92-88(54-70)100-94(98-92)81-44-42-77(79-30-14-32-83(90(79)81)96(100)102)75-27-11-22-57-17-5-8-24-71(57)75/h1-54H.